The van der Waals surface area contributed by atoms with Crippen molar-refractivity contribution in [3.05, 3.63) is 46.5 Å². The smallest absolute Gasteiger partial charge is 0.134 e. The van der Waals surface area contributed by atoms with E-state index in [-0.39, 0.29) is 0 Å². The number of fused-ring (bicyclic) bond motifs is 1. The van der Waals surface area contributed by atoms with Crippen LogP contribution in [0.25, 0.3) is 21.2 Å². The average Bonchev–Trinajstić information content (AvgIpc) is 2.19. The van der Waals surface area contributed by atoms with E-state index in [9.17, 15) is 0 Å². The lowest BCUT2D eigenvalue weighted by Crippen LogP contribution is -1.79. The number of hydrogen-bond donors (Lipinski definition) is 0. The Morgan fingerprint density at radius 1 is 1.36 bits per heavy atom. The highest BCUT2D eigenvalue weighted by atomic mass is 15.2. The summed E-state index contributed by atoms with van der Waals surface area (Å²) in [5.41, 5.74) is 9.49. The van der Waals surface area contributed by atoms with Crippen LogP contribution in [0.3, 0.4) is 0 Å². The second-order valence-corrected chi connectivity index (χ2v) is 3.05. The lowest BCUT2D eigenvalue weighted by atomic mass is 10.1. The lowest BCUT2D eigenvalue weighted by Gasteiger charge is -2.00. The molecule has 0 unspecified atom stereocenters. The minimum atomic E-state index is 0.439. The number of hydrogen-bond acceptors (Lipinski definition) is 2. The van der Waals surface area contributed by atoms with E-state index >= 15 is 0 Å². The van der Waals surface area contributed by atoms with Crippen molar-refractivity contribution in [2.45, 2.75) is 6.92 Å². The molecule has 0 saturated heterocycles. The van der Waals surface area contributed by atoms with E-state index in [1.54, 1.807) is 6.20 Å². The van der Waals surface area contributed by atoms with Gasteiger partial charge in [0, 0.05) is 16.5 Å². The summed E-state index contributed by atoms with van der Waals surface area (Å²) in [6.07, 6.45) is 1.64. The first-order valence-electron chi connectivity index (χ1n) is 4.22. The van der Waals surface area contributed by atoms with E-state index in [2.05, 4.69) is 15.0 Å². The second kappa shape index (κ2) is 3.36. The Bertz CT molecular complexity index is 527. The molecule has 0 aliphatic rings. The number of aromatic nitrogens is 1. The molecule has 68 valence electrons. The maximum absolute atomic E-state index is 8.37. The summed E-state index contributed by atoms with van der Waals surface area (Å²) in [7, 11) is 0. The second-order valence-electron chi connectivity index (χ2n) is 3.05. The normalized spacial score (nSPS) is 9.79. The molecule has 0 aliphatic carbocycles. The van der Waals surface area contributed by atoms with E-state index in [1.165, 1.54) is 0 Å². The maximum atomic E-state index is 8.37. The van der Waals surface area contributed by atoms with Crippen LogP contribution in [0.2, 0.25) is 0 Å². The van der Waals surface area contributed by atoms with E-state index in [1.807, 2.05) is 31.2 Å². The number of azide groups is 1. The van der Waals surface area contributed by atoms with Gasteiger partial charge >= 0.3 is 0 Å². The topological polar surface area (TPSA) is 61.7 Å². The summed E-state index contributed by atoms with van der Waals surface area (Å²) in [4.78, 5) is 6.77. The van der Waals surface area contributed by atoms with Gasteiger partial charge in [-0.2, -0.15) is 0 Å². The third kappa shape index (κ3) is 1.39. The molecule has 4 heteroatoms. The fourth-order valence-electron chi connectivity index (χ4n) is 1.39. The van der Waals surface area contributed by atoms with Gasteiger partial charge in [-0.15, -0.1) is 0 Å². The fourth-order valence-corrected chi connectivity index (χ4v) is 1.39. The van der Waals surface area contributed by atoms with Crippen LogP contribution >= 0.6 is 0 Å². The zero-order valence-corrected chi connectivity index (χ0v) is 7.68. The molecule has 0 aliphatic heterocycles. The number of benzene rings is 1. The van der Waals surface area contributed by atoms with Gasteiger partial charge in [-0.1, -0.05) is 17.7 Å². The number of rotatable bonds is 1. The molecule has 1 aromatic carbocycles. The Kier molecular flexibility index (Phi) is 2.05. The molecule has 4 nitrogen and oxygen atoms in total. The van der Waals surface area contributed by atoms with Gasteiger partial charge in [-0.25, -0.2) is 0 Å². The third-order valence-electron chi connectivity index (χ3n) is 2.04. The summed E-state index contributed by atoms with van der Waals surface area (Å²) in [6, 6.07) is 7.86. The van der Waals surface area contributed by atoms with Crippen LogP contribution in [0.15, 0.2) is 35.6 Å². The minimum absolute atomic E-state index is 0.439. The molecule has 0 spiro atoms. The lowest BCUT2D eigenvalue weighted by molar-refractivity contribution is 1.28. The van der Waals surface area contributed by atoms with Crippen molar-refractivity contribution in [3.63, 3.8) is 0 Å². The van der Waals surface area contributed by atoms with Crippen LogP contribution in [-0.4, -0.2) is 4.98 Å². The van der Waals surface area contributed by atoms with Gasteiger partial charge in [0.05, 0.1) is 0 Å². The first-order chi connectivity index (χ1) is 6.81. The van der Waals surface area contributed by atoms with Crippen molar-refractivity contribution in [3.8, 4) is 0 Å². The first-order valence-corrected chi connectivity index (χ1v) is 4.22. The first kappa shape index (κ1) is 8.53. The van der Waals surface area contributed by atoms with Crippen molar-refractivity contribution in [2.75, 3.05) is 0 Å². The quantitative estimate of drug-likeness (QED) is 0.380. The van der Waals surface area contributed by atoms with Gasteiger partial charge in [0.15, 0.2) is 0 Å². The van der Waals surface area contributed by atoms with E-state index < -0.39 is 0 Å². The molecule has 0 N–H and O–H groups in total. The van der Waals surface area contributed by atoms with Gasteiger partial charge in [0.25, 0.3) is 0 Å². The average molecular weight is 184 g/mol. The highest BCUT2D eigenvalue weighted by Gasteiger charge is 1.99. The molecule has 0 bridgehead atoms. The Labute approximate surface area is 80.8 Å². The van der Waals surface area contributed by atoms with Gasteiger partial charge in [-0.3, -0.25) is 4.98 Å². The molecule has 14 heavy (non-hydrogen) atoms. The van der Waals surface area contributed by atoms with E-state index in [4.69, 9.17) is 5.53 Å². The molecular formula is C10H8N4. The van der Waals surface area contributed by atoms with Crippen molar-refractivity contribution >= 4 is 16.6 Å². The summed E-state index contributed by atoms with van der Waals surface area (Å²) in [5.74, 6) is 0.439. The molecule has 1 aromatic heterocycles. The standard InChI is InChI=1S/C10H8N4/c1-7-2-3-8-4-5-12-10(13-14-11)9(8)6-7/h2-6H,1H3. The van der Waals surface area contributed by atoms with Crippen LogP contribution in [0.1, 0.15) is 5.56 Å². The van der Waals surface area contributed by atoms with Crippen molar-refractivity contribution in [1.82, 2.24) is 4.98 Å². The Morgan fingerprint density at radius 2 is 2.21 bits per heavy atom. The Hall–Kier alpha value is -2.06. The van der Waals surface area contributed by atoms with Gasteiger partial charge in [0.1, 0.15) is 5.82 Å². The van der Waals surface area contributed by atoms with Crippen LogP contribution in [-0.2, 0) is 0 Å². The number of pyridine rings is 1. The molecule has 0 atom stereocenters. The van der Waals surface area contributed by atoms with E-state index in [0.717, 1.165) is 16.3 Å². The highest BCUT2D eigenvalue weighted by molar-refractivity contribution is 5.90. The SMILES string of the molecule is Cc1ccc2ccnc(N=[N+]=[N-])c2c1. The highest BCUT2D eigenvalue weighted by Crippen LogP contribution is 2.24. The van der Waals surface area contributed by atoms with Gasteiger partial charge < -0.3 is 0 Å². The molecule has 0 amide bonds. The summed E-state index contributed by atoms with van der Waals surface area (Å²) >= 11 is 0. The van der Waals surface area contributed by atoms with Crippen LogP contribution < -0.4 is 0 Å². The summed E-state index contributed by atoms with van der Waals surface area (Å²) in [6.45, 7) is 1.99. The zero-order valence-electron chi connectivity index (χ0n) is 7.68. The molecule has 0 radical (unpaired) electrons. The van der Waals surface area contributed by atoms with Gasteiger partial charge in [0.2, 0.25) is 0 Å². The van der Waals surface area contributed by atoms with Crippen molar-refractivity contribution < 1.29 is 0 Å². The fraction of sp³-hybridized carbons (Fsp3) is 0.100. The predicted molar refractivity (Wildman–Crippen MR) is 55.3 cm³/mol. The van der Waals surface area contributed by atoms with Gasteiger partial charge in [-0.05, 0) is 35.1 Å². The predicted octanol–water partition coefficient (Wildman–Crippen LogP) is 3.49. The summed E-state index contributed by atoms with van der Waals surface area (Å²) < 4.78 is 0. The Balaban J connectivity index is 2.83. The Morgan fingerprint density at radius 3 is 3.00 bits per heavy atom. The van der Waals surface area contributed by atoms with Crippen molar-refractivity contribution in [1.29, 1.82) is 0 Å². The van der Waals surface area contributed by atoms with Crippen LogP contribution in [0.4, 0.5) is 5.82 Å². The zero-order chi connectivity index (χ0) is 9.97. The third-order valence-corrected chi connectivity index (χ3v) is 2.04. The summed E-state index contributed by atoms with van der Waals surface area (Å²) in [5, 5.41) is 5.47. The molecule has 2 aromatic rings. The molecule has 0 saturated carbocycles. The van der Waals surface area contributed by atoms with Crippen molar-refractivity contribution in [2.24, 2.45) is 5.11 Å². The molecular weight excluding hydrogens is 176 g/mol. The number of nitrogens with zero attached hydrogens (tertiary/aromatic N) is 4. The largest absolute Gasteiger partial charge is 0.254 e. The van der Waals surface area contributed by atoms with E-state index in [0.29, 0.717) is 5.82 Å². The molecule has 0 fully saturated rings. The van der Waals surface area contributed by atoms with Crippen LogP contribution in [0, 0.1) is 6.92 Å². The van der Waals surface area contributed by atoms with Crippen LogP contribution in [0.5, 0.6) is 0 Å². The number of aryl methyl sites for hydroxylation is 1. The maximum Gasteiger partial charge on any atom is 0.134 e. The minimum Gasteiger partial charge on any atom is -0.254 e. The monoisotopic (exact) mass is 184 g/mol. The molecule has 1 heterocycles. The molecule has 2 rings (SSSR count).